The summed E-state index contributed by atoms with van der Waals surface area (Å²) in [4.78, 5) is 11.2. The summed E-state index contributed by atoms with van der Waals surface area (Å²) in [5, 5.41) is 0. The fraction of sp³-hybridized carbons (Fsp3) is 0.615. The first kappa shape index (κ1) is 9.20. The topological polar surface area (TPSA) is 26.3 Å². The molecule has 2 nitrogen and oxygen atoms in total. The highest BCUT2D eigenvalue weighted by Crippen LogP contribution is 2.57. The molecule has 2 bridgehead atoms. The zero-order chi connectivity index (χ0) is 10.4. The fourth-order valence-corrected chi connectivity index (χ4v) is 3.82. The van der Waals surface area contributed by atoms with Crippen LogP contribution in [0.15, 0.2) is 24.8 Å². The number of carbonyl (C=O) groups is 1. The number of ether oxygens (including phenoxy) is 1. The maximum Gasteiger partial charge on any atom is 0.330 e. The van der Waals surface area contributed by atoms with Crippen molar-refractivity contribution in [2.75, 3.05) is 0 Å². The summed E-state index contributed by atoms with van der Waals surface area (Å²) in [5.74, 6) is 2.66. The lowest BCUT2D eigenvalue weighted by Gasteiger charge is -2.30. The zero-order valence-electron chi connectivity index (χ0n) is 8.76. The van der Waals surface area contributed by atoms with Crippen molar-refractivity contribution in [1.29, 1.82) is 0 Å². The number of esters is 1. The average Bonchev–Trinajstić information content (AvgIpc) is 2.87. The van der Waals surface area contributed by atoms with E-state index in [0.717, 1.165) is 18.3 Å². The molecule has 80 valence electrons. The first-order valence-corrected chi connectivity index (χ1v) is 5.79. The highest BCUT2D eigenvalue weighted by Gasteiger charge is 2.53. The minimum atomic E-state index is -0.258. The molecule has 0 aromatic carbocycles. The first-order chi connectivity index (χ1) is 7.29. The Morgan fingerprint density at radius 1 is 1.40 bits per heavy atom. The van der Waals surface area contributed by atoms with E-state index >= 15 is 0 Å². The normalized spacial score (nSPS) is 45.5. The summed E-state index contributed by atoms with van der Waals surface area (Å²) in [6, 6.07) is 0. The van der Waals surface area contributed by atoms with Crippen molar-refractivity contribution < 1.29 is 9.53 Å². The largest absolute Gasteiger partial charge is 0.459 e. The van der Waals surface area contributed by atoms with E-state index in [2.05, 4.69) is 18.7 Å². The molecule has 0 aromatic heterocycles. The van der Waals surface area contributed by atoms with Crippen molar-refractivity contribution in [2.45, 2.75) is 25.4 Å². The predicted molar refractivity (Wildman–Crippen MR) is 57.0 cm³/mol. The molecule has 0 aliphatic heterocycles. The Kier molecular flexibility index (Phi) is 1.98. The second-order valence-corrected chi connectivity index (χ2v) is 4.98. The minimum absolute atomic E-state index is 0.157. The van der Waals surface area contributed by atoms with Crippen LogP contribution in [-0.4, -0.2) is 12.1 Å². The van der Waals surface area contributed by atoms with E-state index < -0.39 is 0 Å². The Balaban J connectivity index is 1.72. The van der Waals surface area contributed by atoms with Gasteiger partial charge in [-0.25, -0.2) is 4.79 Å². The Morgan fingerprint density at radius 2 is 2.27 bits per heavy atom. The summed E-state index contributed by atoms with van der Waals surface area (Å²) in [6.45, 7) is 3.44. The van der Waals surface area contributed by atoms with Gasteiger partial charge in [0.25, 0.3) is 0 Å². The highest BCUT2D eigenvalue weighted by molar-refractivity contribution is 5.81. The van der Waals surface area contributed by atoms with Gasteiger partial charge in [-0.15, -0.1) is 0 Å². The van der Waals surface area contributed by atoms with Gasteiger partial charge in [0.05, 0.1) is 0 Å². The van der Waals surface area contributed by atoms with Gasteiger partial charge in [-0.05, 0) is 37.0 Å². The van der Waals surface area contributed by atoms with Gasteiger partial charge in [0.1, 0.15) is 6.10 Å². The van der Waals surface area contributed by atoms with Crippen molar-refractivity contribution in [2.24, 2.45) is 23.7 Å². The van der Waals surface area contributed by atoms with Gasteiger partial charge in [-0.2, -0.15) is 0 Å². The fourth-order valence-electron chi connectivity index (χ4n) is 3.82. The molecule has 5 atom stereocenters. The van der Waals surface area contributed by atoms with Gasteiger partial charge < -0.3 is 4.74 Å². The lowest BCUT2D eigenvalue weighted by atomic mass is 9.80. The molecule has 15 heavy (non-hydrogen) atoms. The summed E-state index contributed by atoms with van der Waals surface area (Å²) in [6.07, 6.45) is 9.64. The molecule has 2 fully saturated rings. The van der Waals surface area contributed by atoms with Crippen LogP contribution >= 0.6 is 0 Å². The Labute approximate surface area is 90.0 Å². The maximum atomic E-state index is 11.2. The standard InChI is InChI=1S/C13H16O2/c1-2-13(14)15-12-7-8-6-11(12)10-5-3-4-9(8)10/h2-3,5,8-12H,1,4,6-7H2/t8-,9-,10-,11-,12+/m0/s1. The highest BCUT2D eigenvalue weighted by atomic mass is 16.5. The van der Waals surface area contributed by atoms with Crippen LogP contribution in [0.5, 0.6) is 0 Å². The first-order valence-electron chi connectivity index (χ1n) is 5.79. The molecule has 0 amide bonds. The molecule has 3 rings (SSSR count). The quantitative estimate of drug-likeness (QED) is 0.392. The molecule has 0 spiro atoms. The average molecular weight is 204 g/mol. The second kappa shape index (κ2) is 3.22. The SMILES string of the molecule is C=CC(=O)O[C@@H]1C[C@@H]2C[C@H]1[C@H]1C=CC[C@@H]21. The number of carbonyl (C=O) groups excluding carboxylic acids is 1. The van der Waals surface area contributed by atoms with Crippen molar-refractivity contribution in [3.8, 4) is 0 Å². The van der Waals surface area contributed by atoms with Crippen LogP contribution in [0.1, 0.15) is 19.3 Å². The summed E-state index contributed by atoms with van der Waals surface area (Å²) < 4.78 is 5.41. The van der Waals surface area contributed by atoms with Gasteiger partial charge in [-0.1, -0.05) is 18.7 Å². The van der Waals surface area contributed by atoms with Gasteiger partial charge in [0.2, 0.25) is 0 Å². The Bertz CT molecular complexity index is 331. The molecule has 0 radical (unpaired) electrons. The lowest BCUT2D eigenvalue weighted by molar-refractivity contribution is -0.146. The molecule has 0 heterocycles. The van der Waals surface area contributed by atoms with Crippen molar-refractivity contribution in [3.05, 3.63) is 24.8 Å². The smallest absolute Gasteiger partial charge is 0.330 e. The summed E-state index contributed by atoms with van der Waals surface area (Å²) in [7, 11) is 0. The van der Waals surface area contributed by atoms with Gasteiger partial charge in [0, 0.05) is 12.0 Å². The van der Waals surface area contributed by atoms with Gasteiger partial charge >= 0.3 is 5.97 Å². The number of hydrogen-bond donors (Lipinski definition) is 0. The second-order valence-electron chi connectivity index (χ2n) is 4.98. The zero-order valence-corrected chi connectivity index (χ0v) is 8.76. The van der Waals surface area contributed by atoms with E-state index in [1.165, 1.54) is 18.9 Å². The molecule has 3 aliphatic carbocycles. The lowest BCUT2D eigenvalue weighted by Crippen LogP contribution is -2.31. The van der Waals surface area contributed by atoms with Crippen LogP contribution in [-0.2, 0) is 9.53 Å². The monoisotopic (exact) mass is 204 g/mol. The van der Waals surface area contributed by atoms with E-state index in [-0.39, 0.29) is 12.1 Å². The number of allylic oxidation sites excluding steroid dienone is 2. The predicted octanol–water partition coefficient (Wildman–Crippen LogP) is 2.32. The van der Waals surface area contributed by atoms with E-state index in [1.54, 1.807) is 0 Å². The van der Waals surface area contributed by atoms with Crippen LogP contribution in [0, 0.1) is 23.7 Å². The van der Waals surface area contributed by atoms with E-state index in [9.17, 15) is 4.79 Å². The van der Waals surface area contributed by atoms with E-state index in [1.807, 2.05) is 0 Å². The van der Waals surface area contributed by atoms with Crippen molar-refractivity contribution in [3.63, 3.8) is 0 Å². The molecule has 0 aromatic rings. The molecular weight excluding hydrogens is 188 g/mol. The number of fused-ring (bicyclic) bond motifs is 5. The van der Waals surface area contributed by atoms with Crippen LogP contribution in [0.3, 0.4) is 0 Å². The Hall–Kier alpha value is -1.05. The van der Waals surface area contributed by atoms with Crippen LogP contribution in [0.25, 0.3) is 0 Å². The molecule has 0 N–H and O–H groups in total. The third kappa shape index (κ3) is 1.27. The van der Waals surface area contributed by atoms with Crippen LogP contribution in [0.4, 0.5) is 0 Å². The van der Waals surface area contributed by atoms with Crippen molar-refractivity contribution in [1.82, 2.24) is 0 Å². The third-order valence-electron chi connectivity index (χ3n) is 4.38. The maximum absolute atomic E-state index is 11.2. The van der Waals surface area contributed by atoms with Gasteiger partial charge in [0.15, 0.2) is 0 Å². The van der Waals surface area contributed by atoms with Crippen LogP contribution in [0.2, 0.25) is 0 Å². The molecule has 0 saturated heterocycles. The molecular formula is C13H16O2. The number of rotatable bonds is 2. The summed E-state index contributed by atoms with van der Waals surface area (Å²) >= 11 is 0. The minimum Gasteiger partial charge on any atom is -0.459 e. The summed E-state index contributed by atoms with van der Waals surface area (Å²) in [5.41, 5.74) is 0. The molecule has 2 heteroatoms. The van der Waals surface area contributed by atoms with Gasteiger partial charge in [-0.3, -0.25) is 0 Å². The van der Waals surface area contributed by atoms with E-state index in [4.69, 9.17) is 4.74 Å². The number of hydrogen-bond acceptors (Lipinski definition) is 2. The third-order valence-corrected chi connectivity index (χ3v) is 4.38. The molecule has 0 unspecified atom stereocenters. The Morgan fingerprint density at radius 3 is 3.07 bits per heavy atom. The van der Waals surface area contributed by atoms with E-state index in [0.29, 0.717) is 11.8 Å². The molecule has 3 aliphatic rings. The molecule has 2 saturated carbocycles. The van der Waals surface area contributed by atoms with Crippen molar-refractivity contribution >= 4 is 5.97 Å². The van der Waals surface area contributed by atoms with Crippen LogP contribution < -0.4 is 0 Å².